The van der Waals surface area contributed by atoms with Crippen molar-refractivity contribution in [3.63, 3.8) is 0 Å². The summed E-state index contributed by atoms with van der Waals surface area (Å²) in [6.45, 7) is 0. The number of carbonyl (C=O) groups is 2. The minimum atomic E-state index is -0.0947. The maximum Gasteiger partial charge on any atom is 0.234 e. The van der Waals surface area contributed by atoms with Gasteiger partial charge in [-0.05, 0) is 71.0 Å². The van der Waals surface area contributed by atoms with E-state index in [1.54, 1.807) is 0 Å². The molecule has 0 saturated heterocycles. The lowest BCUT2D eigenvalue weighted by Crippen LogP contribution is -2.14. The Balaban J connectivity index is 1.24. The molecule has 0 aliphatic carbocycles. The van der Waals surface area contributed by atoms with Crippen molar-refractivity contribution in [2.24, 2.45) is 0 Å². The summed E-state index contributed by atoms with van der Waals surface area (Å²) >= 11 is 8.32. The van der Waals surface area contributed by atoms with Crippen molar-refractivity contribution in [1.29, 1.82) is 0 Å². The summed E-state index contributed by atoms with van der Waals surface area (Å²) in [5, 5.41) is 7.26. The summed E-state index contributed by atoms with van der Waals surface area (Å²) in [7, 11) is 0. The highest BCUT2D eigenvalue weighted by molar-refractivity contribution is 8.02. The fraction of sp³-hybridized carbons (Fsp3) is 0.182. The number of hydrogen-bond acceptors (Lipinski definition) is 12. The summed E-state index contributed by atoms with van der Waals surface area (Å²) in [4.78, 5) is 33.2. The molecule has 0 atom stereocenters. The first-order valence-electron chi connectivity index (χ1n) is 10.3. The van der Waals surface area contributed by atoms with Gasteiger partial charge in [0.25, 0.3) is 0 Å². The molecule has 2 aromatic carbocycles. The maximum atomic E-state index is 12.3. The van der Waals surface area contributed by atoms with Gasteiger partial charge < -0.3 is 10.6 Å². The van der Waals surface area contributed by atoms with Crippen LogP contribution in [0.3, 0.4) is 0 Å². The summed E-state index contributed by atoms with van der Waals surface area (Å²) in [6.07, 6.45) is 3.84. The first kappa shape index (κ1) is 26.9. The zero-order valence-corrected chi connectivity index (χ0v) is 24.0. The second kappa shape index (κ2) is 13.4. The van der Waals surface area contributed by atoms with Crippen molar-refractivity contribution < 1.29 is 9.59 Å². The molecule has 8 nitrogen and oxygen atoms in total. The van der Waals surface area contributed by atoms with Gasteiger partial charge in [-0.2, -0.15) is 8.75 Å². The third-order valence-corrected chi connectivity index (χ3v) is 9.46. The summed E-state index contributed by atoms with van der Waals surface area (Å²) in [5.74, 6) is 0.358. The largest absolute Gasteiger partial charge is 0.325 e. The molecule has 0 bridgehead atoms. The van der Waals surface area contributed by atoms with E-state index in [9.17, 15) is 9.59 Å². The topological polar surface area (TPSA) is 110 Å². The average Bonchev–Trinajstić information content (AvgIpc) is 3.56. The molecule has 0 aliphatic rings. The lowest BCUT2D eigenvalue weighted by atomic mass is 10.0. The number of carbonyl (C=O) groups excluding carboxylic acids is 2. The number of rotatable bonds is 11. The van der Waals surface area contributed by atoms with E-state index in [4.69, 9.17) is 0 Å². The predicted molar refractivity (Wildman–Crippen MR) is 154 cm³/mol. The number of nitrogens with one attached hydrogen (secondary N) is 2. The molecule has 4 aromatic rings. The monoisotopic (exact) mass is 592 g/mol. The molecular formula is C22H20N6O2S6. The van der Waals surface area contributed by atoms with Gasteiger partial charge in [-0.15, -0.1) is 0 Å². The van der Waals surface area contributed by atoms with Gasteiger partial charge in [0.05, 0.1) is 11.5 Å². The minimum absolute atomic E-state index is 0.0947. The molecule has 0 radical (unpaired) electrons. The van der Waals surface area contributed by atoms with Crippen LogP contribution < -0.4 is 10.6 Å². The Labute approximate surface area is 233 Å². The van der Waals surface area contributed by atoms with Crippen LogP contribution in [0.1, 0.15) is 0 Å². The normalized spacial score (nSPS) is 10.8. The molecule has 0 fully saturated rings. The predicted octanol–water partition coefficient (Wildman–Crippen LogP) is 5.96. The summed E-state index contributed by atoms with van der Waals surface area (Å²) < 4.78 is 9.95. The van der Waals surface area contributed by atoms with Crippen molar-refractivity contribution in [1.82, 2.24) is 18.7 Å². The lowest BCUT2D eigenvalue weighted by molar-refractivity contribution is -0.114. The van der Waals surface area contributed by atoms with Crippen LogP contribution in [0.15, 0.2) is 67.5 Å². The van der Waals surface area contributed by atoms with Crippen LogP contribution in [-0.2, 0) is 9.59 Å². The lowest BCUT2D eigenvalue weighted by Gasteiger charge is -2.08. The van der Waals surface area contributed by atoms with Gasteiger partial charge in [0.2, 0.25) is 22.1 Å². The molecule has 186 valence electrons. The summed E-state index contributed by atoms with van der Waals surface area (Å²) in [5.41, 5.74) is 3.48. The molecule has 0 unspecified atom stereocenters. The average molecular weight is 593 g/mol. The van der Waals surface area contributed by atoms with Crippen LogP contribution in [0.5, 0.6) is 0 Å². The van der Waals surface area contributed by atoms with Gasteiger partial charge in [-0.25, -0.2) is 9.97 Å². The van der Waals surface area contributed by atoms with Crippen LogP contribution in [-0.4, -0.2) is 54.5 Å². The van der Waals surface area contributed by atoms with E-state index < -0.39 is 0 Å². The molecule has 0 spiro atoms. The number of amides is 2. The smallest absolute Gasteiger partial charge is 0.234 e. The van der Waals surface area contributed by atoms with Crippen molar-refractivity contribution in [3.05, 3.63) is 48.5 Å². The third-order valence-electron chi connectivity index (χ3n) is 4.47. The van der Waals surface area contributed by atoms with Gasteiger partial charge >= 0.3 is 0 Å². The van der Waals surface area contributed by atoms with Gasteiger partial charge in [-0.1, -0.05) is 71.3 Å². The molecule has 14 heteroatoms. The molecule has 2 N–H and O–H groups in total. The van der Waals surface area contributed by atoms with E-state index in [2.05, 4.69) is 29.3 Å². The van der Waals surface area contributed by atoms with E-state index in [-0.39, 0.29) is 23.3 Å². The number of hydrogen-bond donors (Lipinski definition) is 2. The Morgan fingerprint density at radius 2 is 1.08 bits per heavy atom. The van der Waals surface area contributed by atoms with E-state index in [0.29, 0.717) is 0 Å². The molecule has 36 heavy (non-hydrogen) atoms. The fourth-order valence-electron chi connectivity index (χ4n) is 2.82. The van der Waals surface area contributed by atoms with Crippen molar-refractivity contribution in [3.8, 4) is 11.1 Å². The quantitative estimate of drug-likeness (QED) is 0.202. The molecule has 0 saturated carbocycles. The van der Waals surface area contributed by atoms with E-state index >= 15 is 0 Å². The van der Waals surface area contributed by atoms with E-state index in [0.717, 1.165) is 41.5 Å². The molecule has 4 rings (SSSR count). The second-order valence-corrected chi connectivity index (χ2v) is 12.4. The first-order valence-corrected chi connectivity index (χ1v) is 16.3. The van der Waals surface area contributed by atoms with Gasteiger partial charge in [0.15, 0.2) is 8.68 Å². The number of anilines is 2. The third kappa shape index (κ3) is 7.95. The fourth-order valence-corrected chi connectivity index (χ4v) is 6.84. The van der Waals surface area contributed by atoms with Crippen LogP contribution in [0.25, 0.3) is 11.1 Å². The minimum Gasteiger partial charge on any atom is -0.325 e. The molecule has 2 aromatic heterocycles. The van der Waals surface area contributed by atoms with Crippen LogP contribution in [0.2, 0.25) is 0 Å². The summed E-state index contributed by atoms with van der Waals surface area (Å²) in [6, 6.07) is 15.3. The Morgan fingerprint density at radius 3 is 1.42 bits per heavy atom. The van der Waals surface area contributed by atoms with Crippen LogP contribution >= 0.6 is 70.1 Å². The zero-order valence-electron chi connectivity index (χ0n) is 19.1. The van der Waals surface area contributed by atoms with Gasteiger partial charge in [0.1, 0.15) is 0 Å². The van der Waals surface area contributed by atoms with Crippen molar-refractivity contribution in [2.75, 3.05) is 34.7 Å². The Kier molecular flexibility index (Phi) is 10.1. The van der Waals surface area contributed by atoms with Crippen LogP contribution in [0, 0.1) is 0 Å². The zero-order chi connectivity index (χ0) is 25.3. The molecule has 2 amide bonds. The van der Waals surface area contributed by atoms with E-state index in [1.807, 2.05) is 61.0 Å². The Morgan fingerprint density at radius 1 is 0.694 bits per heavy atom. The number of aromatic nitrogens is 4. The van der Waals surface area contributed by atoms with Gasteiger partial charge in [0, 0.05) is 11.4 Å². The molecular weight excluding hydrogens is 573 g/mol. The maximum absolute atomic E-state index is 12.3. The number of thioether (sulfide) groups is 4. The SMILES string of the molecule is CSc1nsc(SCC(=O)Nc2ccc(-c3ccc(NC(=O)CSc4nc(SC)ns4)cc3)cc2)n1. The molecule has 2 heterocycles. The Bertz CT molecular complexity index is 1210. The second-order valence-electron chi connectivity index (χ2n) is 6.92. The number of nitrogens with zero attached hydrogens (tertiary/aromatic N) is 4. The highest BCUT2D eigenvalue weighted by Crippen LogP contribution is 2.26. The highest BCUT2D eigenvalue weighted by Gasteiger charge is 2.10. The van der Waals surface area contributed by atoms with Crippen molar-refractivity contribution in [2.45, 2.75) is 19.0 Å². The van der Waals surface area contributed by atoms with Gasteiger partial charge in [-0.3, -0.25) is 9.59 Å². The standard InChI is InChI=1S/C22H20N6O2S6/c1-31-19-25-21(35-27-19)33-11-17(29)23-15-7-3-13(4-8-15)14-5-9-16(10-6-14)24-18(30)12-34-22-26-20(32-2)28-36-22/h3-10H,11-12H2,1-2H3,(H,23,29)(H,24,30). The number of benzene rings is 2. The highest BCUT2D eigenvalue weighted by atomic mass is 32.2. The first-order chi connectivity index (χ1) is 17.5. The van der Waals surface area contributed by atoms with Crippen molar-refractivity contribution >= 4 is 93.3 Å². The molecule has 0 aliphatic heterocycles. The van der Waals surface area contributed by atoms with Crippen LogP contribution in [0.4, 0.5) is 11.4 Å². The Hall–Kier alpha value is -2.10. The van der Waals surface area contributed by atoms with E-state index in [1.165, 1.54) is 70.1 Å².